The number of hydrogen-bond donors (Lipinski definition) is 1. The standard InChI is InChI=1S/C16H26N2O2.C7H7ClO.H2S/c1-12(19)4-3-5-15-6-9-16(10-7-15,11-8-15)14-18-17-13(2)20-14;1-9-7-4-2-3-6(8)5-7;/h12,19H,3-11H2,1-2H3;2-5H,1H3;1H2. The average Bonchev–Trinajstić information content (AvgIpc) is 3.17. The zero-order chi connectivity index (χ0) is 20.9. The van der Waals surface area contributed by atoms with Crippen molar-refractivity contribution in [1.29, 1.82) is 0 Å². The van der Waals surface area contributed by atoms with Gasteiger partial charge < -0.3 is 14.3 Å². The molecule has 0 radical (unpaired) electrons. The van der Waals surface area contributed by atoms with E-state index in [0.717, 1.165) is 24.5 Å². The second-order valence-electron chi connectivity index (χ2n) is 8.81. The summed E-state index contributed by atoms with van der Waals surface area (Å²) in [5.74, 6) is 2.36. The molecule has 5 nitrogen and oxygen atoms in total. The molecule has 1 heterocycles. The van der Waals surface area contributed by atoms with Gasteiger partial charge in [-0.1, -0.05) is 24.1 Å². The molecule has 30 heavy (non-hydrogen) atoms. The van der Waals surface area contributed by atoms with Crippen molar-refractivity contribution in [3.63, 3.8) is 0 Å². The van der Waals surface area contributed by atoms with E-state index in [-0.39, 0.29) is 25.0 Å². The lowest BCUT2D eigenvalue weighted by molar-refractivity contribution is 0.0150. The first kappa shape index (κ1) is 25.0. The van der Waals surface area contributed by atoms with Crippen LogP contribution >= 0.6 is 25.1 Å². The zero-order valence-corrected chi connectivity index (χ0v) is 20.0. The Hall–Kier alpha value is -1.24. The number of aliphatic hydroxyl groups excluding tert-OH is 1. The zero-order valence-electron chi connectivity index (χ0n) is 18.3. The lowest BCUT2D eigenvalue weighted by Crippen LogP contribution is -2.44. The van der Waals surface area contributed by atoms with E-state index in [0.29, 0.717) is 16.3 Å². The Kier molecular flexibility index (Phi) is 9.07. The summed E-state index contributed by atoms with van der Waals surface area (Å²) < 4.78 is 10.6. The van der Waals surface area contributed by atoms with Gasteiger partial charge in [0.15, 0.2) is 0 Å². The normalized spacial score (nSPS) is 25.6. The highest BCUT2D eigenvalue weighted by Gasteiger charge is 2.51. The molecule has 1 aromatic carbocycles. The lowest BCUT2D eigenvalue weighted by atomic mass is 9.52. The van der Waals surface area contributed by atoms with Crippen molar-refractivity contribution in [2.24, 2.45) is 5.41 Å². The molecule has 7 heteroatoms. The molecule has 1 atom stereocenters. The molecule has 168 valence electrons. The predicted octanol–water partition coefficient (Wildman–Crippen LogP) is 5.98. The molecule has 1 N–H and O–H groups in total. The largest absolute Gasteiger partial charge is 0.497 e. The van der Waals surface area contributed by atoms with Gasteiger partial charge >= 0.3 is 0 Å². The first-order valence-corrected chi connectivity index (χ1v) is 11.0. The Labute approximate surface area is 192 Å². The maximum Gasteiger partial charge on any atom is 0.222 e. The van der Waals surface area contributed by atoms with Crippen molar-refractivity contribution in [3.8, 4) is 5.75 Å². The van der Waals surface area contributed by atoms with Gasteiger partial charge in [0.1, 0.15) is 5.75 Å². The molecule has 3 fully saturated rings. The third kappa shape index (κ3) is 6.14. The third-order valence-electron chi connectivity index (χ3n) is 6.74. The second kappa shape index (κ2) is 10.9. The molecule has 2 aromatic rings. The van der Waals surface area contributed by atoms with Gasteiger partial charge in [-0.2, -0.15) is 13.5 Å². The van der Waals surface area contributed by atoms with Gasteiger partial charge in [-0.3, -0.25) is 0 Å². The average molecular weight is 455 g/mol. The molecular formula is C23H35ClN2O3S. The molecule has 0 spiro atoms. The van der Waals surface area contributed by atoms with Crippen molar-refractivity contribution in [2.75, 3.05) is 7.11 Å². The van der Waals surface area contributed by atoms with E-state index in [4.69, 9.17) is 20.8 Å². The van der Waals surface area contributed by atoms with Crippen LogP contribution < -0.4 is 4.74 Å². The van der Waals surface area contributed by atoms with Crippen LogP contribution in [-0.4, -0.2) is 28.5 Å². The highest BCUT2D eigenvalue weighted by molar-refractivity contribution is 7.59. The van der Waals surface area contributed by atoms with Crippen LogP contribution in [0.25, 0.3) is 0 Å². The quantitative estimate of drug-likeness (QED) is 0.581. The minimum Gasteiger partial charge on any atom is -0.497 e. The smallest absolute Gasteiger partial charge is 0.222 e. The topological polar surface area (TPSA) is 68.4 Å². The number of fused-ring (bicyclic) bond motifs is 3. The Morgan fingerprint density at radius 2 is 1.83 bits per heavy atom. The van der Waals surface area contributed by atoms with Crippen LogP contribution in [0.2, 0.25) is 5.02 Å². The van der Waals surface area contributed by atoms with Gasteiger partial charge in [-0.05, 0) is 81.9 Å². The summed E-state index contributed by atoms with van der Waals surface area (Å²) in [5, 5.41) is 18.4. The van der Waals surface area contributed by atoms with E-state index < -0.39 is 0 Å². The summed E-state index contributed by atoms with van der Waals surface area (Å²) >= 11 is 5.64. The van der Waals surface area contributed by atoms with Crippen LogP contribution in [0.4, 0.5) is 0 Å². The second-order valence-corrected chi connectivity index (χ2v) is 9.25. The monoisotopic (exact) mass is 454 g/mol. The van der Waals surface area contributed by atoms with Gasteiger partial charge in [-0.25, -0.2) is 0 Å². The summed E-state index contributed by atoms with van der Waals surface area (Å²) in [6, 6.07) is 7.28. The lowest BCUT2D eigenvalue weighted by Gasteiger charge is -2.52. The summed E-state index contributed by atoms with van der Waals surface area (Å²) in [4.78, 5) is 0. The van der Waals surface area contributed by atoms with Crippen LogP contribution in [0.5, 0.6) is 5.75 Å². The molecule has 0 amide bonds. The first-order valence-electron chi connectivity index (χ1n) is 10.6. The number of ether oxygens (including phenoxy) is 1. The van der Waals surface area contributed by atoms with E-state index in [1.165, 1.54) is 44.9 Å². The number of halogens is 1. The van der Waals surface area contributed by atoms with E-state index >= 15 is 0 Å². The van der Waals surface area contributed by atoms with Gasteiger partial charge in [0.25, 0.3) is 0 Å². The molecule has 1 unspecified atom stereocenters. The molecule has 1 aromatic heterocycles. The van der Waals surface area contributed by atoms with Crippen LogP contribution in [0.15, 0.2) is 28.7 Å². The molecular weight excluding hydrogens is 420 g/mol. The fourth-order valence-electron chi connectivity index (χ4n) is 4.84. The number of hydrogen-bond acceptors (Lipinski definition) is 5. The molecule has 3 aliphatic carbocycles. The summed E-state index contributed by atoms with van der Waals surface area (Å²) in [6.45, 7) is 3.77. The Morgan fingerprint density at radius 1 is 1.17 bits per heavy atom. The number of rotatable bonds is 6. The minimum atomic E-state index is -0.154. The Balaban J connectivity index is 0.000000272. The molecule has 3 saturated carbocycles. The number of benzene rings is 1. The fourth-order valence-corrected chi connectivity index (χ4v) is 5.02. The van der Waals surface area contributed by atoms with Gasteiger partial charge in [0, 0.05) is 17.4 Å². The summed E-state index contributed by atoms with van der Waals surface area (Å²) in [7, 11) is 1.62. The van der Waals surface area contributed by atoms with E-state index in [9.17, 15) is 5.11 Å². The van der Waals surface area contributed by atoms with Crippen molar-refractivity contribution in [3.05, 3.63) is 41.1 Å². The van der Waals surface area contributed by atoms with Crippen LogP contribution in [0.3, 0.4) is 0 Å². The SMILES string of the molecule is COc1cccc(Cl)c1.Cc1nnc(C23CCC(CCCC(C)O)(CC2)CC3)o1.S. The van der Waals surface area contributed by atoms with Crippen molar-refractivity contribution >= 4 is 25.1 Å². The van der Waals surface area contributed by atoms with E-state index in [1.807, 2.05) is 32.0 Å². The maximum absolute atomic E-state index is 9.41. The fraction of sp³-hybridized carbons (Fsp3) is 0.652. The molecule has 0 aliphatic heterocycles. The molecule has 3 aliphatic rings. The Morgan fingerprint density at radius 3 is 2.30 bits per heavy atom. The van der Waals surface area contributed by atoms with Crippen LogP contribution in [0, 0.1) is 12.3 Å². The Bertz CT molecular complexity index is 772. The van der Waals surface area contributed by atoms with Gasteiger partial charge in [0.2, 0.25) is 11.8 Å². The number of methoxy groups -OCH3 is 1. The van der Waals surface area contributed by atoms with Gasteiger partial charge in [-0.15, -0.1) is 10.2 Å². The first-order chi connectivity index (χ1) is 13.9. The van der Waals surface area contributed by atoms with Crippen LogP contribution in [-0.2, 0) is 5.41 Å². The van der Waals surface area contributed by atoms with E-state index in [2.05, 4.69) is 10.2 Å². The van der Waals surface area contributed by atoms with E-state index in [1.54, 1.807) is 13.2 Å². The molecule has 2 bridgehead atoms. The maximum atomic E-state index is 9.41. The summed E-state index contributed by atoms with van der Waals surface area (Å²) in [6.07, 6.45) is 10.7. The molecule has 0 saturated heterocycles. The number of nitrogens with zero attached hydrogens (tertiary/aromatic N) is 2. The highest BCUT2D eigenvalue weighted by atomic mass is 35.5. The van der Waals surface area contributed by atoms with Gasteiger partial charge in [0.05, 0.1) is 13.2 Å². The summed E-state index contributed by atoms with van der Waals surface area (Å²) in [5.41, 5.74) is 0.707. The van der Waals surface area contributed by atoms with Crippen molar-refractivity contribution in [2.45, 2.75) is 83.2 Å². The minimum absolute atomic E-state index is 0. The third-order valence-corrected chi connectivity index (χ3v) is 6.98. The highest BCUT2D eigenvalue weighted by Crippen LogP contribution is 2.59. The van der Waals surface area contributed by atoms with Crippen LogP contribution in [0.1, 0.15) is 76.5 Å². The number of aromatic nitrogens is 2. The number of aryl methyl sites for hydroxylation is 1. The molecule has 5 rings (SSSR count). The number of aliphatic hydroxyl groups is 1. The van der Waals surface area contributed by atoms with Crippen molar-refractivity contribution in [1.82, 2.24) is 10.2 Å². The van der Waals surface area contributed by atoms with Crippen molar-refractivity contribution < 1.29 is 14.3 Å². The predicted molar refractivity (Wildman–Crippen MR) is 125 cm³/mol.